The smallest absolute Gasteiger partial charge is 0.178 e. The molecule has 53 heavy (non-hydrogen) atoms. The molecule has 0 atom stereocenters. The van der Waals surface area contributed by atoms with Crippen LogP contribution in [-0.2, 0) is 12.0 Å². The molecule has 2 N–H and O–H groups in total. The first-order valence-electron chi connectivity index (χ1n) is 17.9. The van der Waals surface area contributed by atoms with Crippen LogP contribution in [0, 0.1) is 0 Å². The minimum Gasteiger partial charge on any atom is -0.449 e. The predicted octanol–water partition coefficient (Wildman–Crippen LogP) is 11.6. The van der Waals surface area contributed by atoms with Crippen molar-refractivity contribution in [1.29, 1.82) is 0 Å². The Morgan fingerprint density at radius 1 is 0.547 bits per heavy atom. The molecule has 256 valence electrons. The highest BCUT2D eigenvalue weighted by Crippen LogP contribution is 2.59. The van der Waals surface area contributed by atoms with E-state index in [9.17, 15) is 0 Å². The second kappa shape index (κ2) is 13.1. The minimum atomic E-state index is -0.150. The van der Waals surface area contributed by atoms with Gasteiger partial charge in [-0.25, -0.2) is 4.99 Å². The van der Waals surface area contributed by atoms with E-state index in [4.69, 9.17) is 25.2 Å². The molecule has 0 bridgehead atoms. The Hall–Kier alpha value is -6.72. The molecular weight excluding hydrogens is 651 g/mol. The van der Waals surface area contributed by atoms with Crippen LogP contribution in [0.25, 0.3) is 33.4 Å². The standard InChI is InChI=1S/C48H37N3O2/c1-48(2)39-21-10-9-19-38(39)43-40(48)27-28-42-45(43)53-44-37(20-12-22-41(44)52-42)35-17-11-18-36(29-35)46(49)51-47(50-30-31-13-5-3-6-14-31)34-25-23-33(24-26-34)32-15-7-4-8-16-32/h3-29H,30H2,1-2H3,(H2,49,50,51). The first-order valence-corrected chi connectivity index (χ1v) is 17.9. The maximum Gasteiger partial charge on any atom is 0.178 e. The molecule has 0 fully saturated rings. The molecule has 0 amide bonds. The molecule has 0 saturated carbocycles. The lowest BCUT2D eigenvalue weighted by Gasteiger charge is -2.26. The van der Waals surface area contributed by atoms with Crippen molar-refractivity contribution in [3.8, 4) is 56.4 Å². The van der Waals surface area contributed by atoms with E-state index in [-0.39, 0.29) is 5.41 Å². The molecule has 7 aromatic carbocycles. The summed E-state index contributed by atoms with van der Waals surface area (Å²) in [5.74, 6) is 3.74. The van der Waals surface area contributed by atoms with E-state index in [0.29, 0.717) is 35.5 Å². The Kier molecular flexibility index (Phi) is 7.97. The van der Waals surface area contributed by atoms with Crippen molar-refractivity contribution < 1.29 is 9.47 Å². The van der Waals surface area contributed by atoms with E-state index in [2.05, 4.69) is 111 Å². The molecule has 0 unspecified atom stereocenters. The monoisotopic (exact) mass is 687 g/mol. The molecule has 9 rings (SSSR count). The molecule has 1 heterocycles. The van der Waals surface area contributed by atoms with E-state index >= 15 is 0 Å². The normalized spacial score (nSPS) is 13.9. The Morgan fingerprint density at radius 2 is 1.21 bits per heavy atom. The van der Waals surface area contributed by atoms with Crippen LogP contribution in [-0.4, -0.2) is 11.7 Å². The van der Waals surface area contributed by atoms with Crippen molar-refractivity contribution in [2.45, 2.75) is 25.8 Å². The lowest BCUT2D eigenvalue weighted by Crippen LogP contribution is -2.16. The zero-order chi connectivity index (χ0) is 35.9. The van der Waals surface area contributed by atoms with Crippen LogP contribution in [0.5, 0.6) is 23.0 Å². The van der Waals surface area contributed by atoms with Crippen LogP contribution in [0.15, 0.2) is 174 Å². The molecule has 0 aromatic heterocycles. The number of aliphatic imine (C=N–C) groups is 2. The van der Waals surface area contributed by atoms with Crippen LogP contribution in [0.2, 0.25) is 0 Å². The number of hydrogen-bond acceptors (Lipinski definition) is 3. The van der Waals surface area contributed by atoms with E-state index in [1.54, 1.807) is 0 Å². The summed E-state index contributed by atoms with van der Waals surface area (Å²) in [5, 5.41) is 0. The van der Waals surface area contributed by atoms with Crippen molar-refractivity contribution in [1.82, 2.24) is 0 Å². The number of para-hydroxylation sites is 1. The molecule has 7 aromatic rings. The Labute approximate surface area is 309 Å². The number of nitrogens with two attached hydrogens (primary N) is 1. The number of hydrogen-bond donors (Lipinski definition) is 1. The number of ether oxygens (including phenoxy) is 2. The fraction of sp³-hybridized carbons (Fsp3) is 0.0833. The van der Waals surface area contributed by atoms with E-state index in [0.717, 1.165) is 50.3 Å². The Morgan fingerprint density at radius 3 is 2.02 bits per heavy atom. The summed E-state index contributed by atoms with van der Waals surface area (Å²) in [6, 6.07) is 55.7. The fourth-order valence-corrected chi connectivity index (χ4v) is 7.48. The third-order valence-electron chi connectivity index (χ3n) is 10.3. The largest absolute Gasteiger partial charge is 0.449 e. The number of benzene rings is 7. The van der Waals surface area contributed by atoms with Crippen LogP contribution in [0.3, 0.4) is 0 Å². The van der Waals surface area contributed by atoms with Gasteiger partial charge in [0.05, 0.1) is 6.54 Å². The van der Waals surface area contributed by atoms with Gasteiger partial charge in [-0.1, -0.05) is 159 Å². The van der Waals surface area contributed by atoms with Crippen LogP contribution >= 0.6 is 0 Å². The zero-order valence-corrected chi connectivity index (χ0v) is 29.6. The summed E-state index contributed by atoms with van der Waals surface area (Å²) in [6.45, 7) is 5.01. The fourth-order valence-electron chi connectivity index (χ4n) is 7.48. The number of fused-ring (bicyclic) bond motifs is 6. The molecule has 5 heteroatoms. The Balaban J connectivity index is 1.07. The van der Waals surface area contributed by atoms with Gasteiger partial charge in [0.2, 0.25) is 0 Å². The summed E-state index contributed by atoms with van der Waals surface area (Å²) in [6.07, 6.45) is 0. The zero-order valence-electron chi connectivity index (χ0n) is 29.6. The molecular formula is C48H37N3O2. The van der Waals surface area contributed by atoms with Gasteiger partial charge >= 0.3 is 0 Å². The molecule has 1 aliphatic carbocycles. The molecule has 0 radical (unpaired) electrons. The number of amidine groups is 2. The van der Waals surface area contributed by atoms with Gasteiger partial charge in [-0.15, -0.1) is 0 Å². The summed E-state index contributed by atoms with van der Waals surface area (Å²) >= 11 is 0. The highest BCUT2D eigenvalue weighted by molar-refractivity contribution is 6.11. The molecule has 1 aliphatic heterocycles. The number of nitrogens with zero attached hydrogens (tertiary/aromatic N) is 2. The van der Waals surface area contributed by atoms with Crippen molar-refractivity contribution >= 4 is 11.7 Å². The third kappa shape index (κ3) is 5.86. The molecule has 5 nitrogen and oxygen atoms in total. The summed E-state index contributed by atoms with van der Waals surface area (Å²) in [7, 11) is 0. The molecule has 2 aliphatic rings. The highest BCUT2D eigenvalue weighted by Gasteiger charge is 2.39. The van der Waals surface area contributed by atoms with E-state index in [1.807, 2.05) is 66.7 Å². The maximum atomic E-state index is 6.89. The van der Waals surface area contributed by atoms with Crippen molar-refractivity contribution in [2.75, 3.05) is 0 Å². The van der Waals surface area contributed by atoms with Gasteiger partial charge in [0, 0.05) is 27.7 Å². The van der Waals surface area contributed by atoms with Gasteiger partial charge in [0.25, 0.3) is 0 Å². The summed E-state index contributed by atoms with van der Waals surface area (Å²) in [5.41, 5.74) is 18.3. The van der Waals surface area contributed by atoms with Gasteiger partial charge in [-0.2, -0.15) is 0 Å². The lowest BCUT2D eigenvalue weighted by molar-refractivity contribution is 0.361. The summed E-state index contributed by atoms with van der Waals surface area (Å²) < 4.78 is 13.4. The third-order valence-corrected chi connectivity index (χ3v) is 10.3. The number of rotatable bonds is 6. The first kappa shape index (κ1) is 32.2. The quantitative estimate of drug-likeness (QED) is 0.140. The van der Waals surface area contributed by atoms with E-state index < -0.39 is 0 Å². The van der Waals surface area contributed by atoms with Gasteiger partial charge < -0.3 is 15.2 Å². The first-order chi connectivity index (χ1) is 25.9. The van der Waals surface area contributed by atoms with Gasteiger partial charge in [0.1, 0.15) is 5.84 Å². The van der Waals surface area contributed by atoms with Gasteiger partial charge in [-0.3, -0.25) is 4.99 Å². The van der Waals surface area contributed by atoms with Crippen LogP contribution in [0.1, 0.15) is 41.7 Å². The van der Waals surface area contributed by atoms with Gasteiger partial charge in [-0.05, 0) is 57.1 Å². The SMILES string of the molecule is CC1(C)c2ccccc2-c2c1ccc1c2Oc2c(cccc2-c2cccc(C(N)=NC(=NCc3ccccc3)c3ccc(-c4ccccc4)cc3)c2)O1. The predicted molar refractivity (Wildman–Crippen MR) is 215 cm³/mol. The topological polar surface area (TPSA) is 69.2 Å². The molecule has 0 saturated heterocycles. The lowest BCUT2D eigenvalue weighted by atomic mass is 9.82. The van der Waals surface area contributed by atoms with Crippen molar-refractivity contribution in [3.05, 3.63) is 192 Å². The van der Waals surface area contributed by atoms with Crippen LogP contribution < -0.4 is 15.2 Å². The average Bonchev–Trinajstić information content (AvgIpc) is 3.45. The second-order valence-corrected chi connectivity index (χ2v) is 14.0. The minimum absolute atomic E-state index is 0.150. The van der Waals surface area contributed by atoms with Crippen molar-refractivity contribution in [3.63, 3.8) is 0 Å². The average molecular weight is 688 g/mol. The maximum absolute atomic E-state index is 6.89. The van der Waals surface area contributed by atoms with Crippen LogP contribution in [0.4, 0.5) is 0 Å². The molecule has 0 spiro atoms. The van der Waals surface area contributed by atoms with E-state index in [1.165, 1.54) is 16.7 Å². The highest BCUT2D eigenvalue weighted by atomic mass is 16.6. The van der Waals surface area contributed by atoms with Gasteiger partial charge in [0.15, 0.2) is 28.8 Å². The second-order valence-electron chi connectivity index (χ2n) is 14.0. The van der Waals surface area contributed by atoms with Crippen molar-refractivity contribution in [2.24, 2.45) is 15.7 Å². The Bertz CT molecular complexity index is 2550. The summed E-state index contributed by atoms with van der Waals surface area (Å²) in [4.78, 5) is 9.91.